The lowest BCUT2D eigenvalue weighted by molar-refractivity contribution is 0.0909. The zero-order valence-electron chi connectivity index (χ0n) is 26.7. The number of hydrogen-bond donors (Lipinski definition) is 2. The molecule has 1 amide bonds. The van der Waals surface area contributed by atoms with Crippen molar-refractivity contribution >= 4 is 33.4 Å². The molecule has 8 nitrogen and oxygen atoms in total. The highest BCUT2D eigenvalue weighted by molar-refractivity contribution is 6.00. The first-order chi connectivity index (χ1) is 20.9. The fourth-order valence-corrected chi connectivity index (χ4v) is 6.37. The van der Waals surface area contributed by atoms with Crippen molar-refractivity contribution in [2.24, 2.45) is 7.05 Å². The van der Waals surface area contributed by atoms with Crippen LogP contribution < -0.4 is 10.6 Å². The lowest BCUT2D eigenvalue weighted by atomic mass is 10.1. The van der Waals surface area contributed by atoms with Gasteiger partial charge in [0.05, 0.1) is 11.2 Å². The number of nitrogens with one attached hydrogen (secondary N) is 2. The topological polar surface area (TPSA) is 78.3 Å². The number of likely N-dealkylation sites (tertiary alicyclic amines) is 2. The Bertz CT molecular complexity index is 1520. The van der Waals surface area contributed by atoms with Gasteiger partial charge in [-0.25, -0.2) is 4.98 Å². The minimum Gasteiger partial charge on any atom is -0.382 e. The fraction of sp³-hybridized carbons (Fsp3) is 0.514. The van der Waals surface area contributed by atoms with Crippen LogP contribution in [0, 0.1) is 0 Å². The van der Waals surface area contributed by atoms with Gasteiger partial charge in [-0.3, -0.25) is 9.78 Å². The maximum Gasteiger partial charge on any atom is 0.268 e. The third kappa shape index (κ3) is 7.36. The standard InChI is InChI=1S/C33H43N7O.C2H6/c1-23(10-18-40-14-5-4-6-15-40)35-30-21-29(37-28-9-13-34-22-27(28)30)24-7-8-31-25(19-24)20-32(39(31)3)33(41)36-26-11-16-38(2)17-12-26;1-2/h7-9,13,19-23,26H,4-6,10-12,14-18H2,1-3H3,(H,35,37)(H,36,41);1-2H3. The van der Waals surface area contributed by atoms with Gasteiger partial charge in [0.1, 0.15) is 5.69 Å². The summed E-state index contributed by atoms with van der Waals surface area (Å²) in [6, 6.07) is 13.1. The molecule has 43 heavy (non-hydrogen) atoms. The molecule has 2 N–H and O–H groups in total. The molecular formula is C35H49N7O. The first-order valence-electron chi connectivity index (χ1n) is 16.3. The maximum absolute atomic E-state index is 13.2. The van der Waals surface area contributed by atoms with Gasteiger partial charge in [-0.15, -0.1) is 0 Å². The van der Waals surface area contributed by atoms with E-state index in [1.807, 2.05) is 43.8 Å². The van der Waals surface area contributed by atoms with E-state index in [1.165, 1.54) is 32.4 Å². The molecule has 6 rings (SSSR count). The highest BCUT2D eigenvalue weighted by Crippen LogP contribution is 2.31. The van der Waals surface area contributed by atoms with E-state index in [4.69, 9.17) is 4.98 Å². The number of fused-ring (bicyclic) bond motifs is 2. The lowest BCUT2D eigenvalue weighted by Crippen LogP contribution is -2.43. The first-order valence-corrected chi connectivity index (χ1v) is 16.3. The summed E-state index contributed by atoms with van der Waals surface area (Å²) in [7, 11) is 4.11. The van der Waals surface area contributed by atoms with Crippen molar-refractivity contribution in [3.05, 3.63) is 54.5 Å². The summed E-state index contributed by atoms with van der Waals surface area (Å²) >= 11 is 0. The molecule has 4 aromatic rings. The molecule has 2 aliphatic rings. The monoisotopic (exact) mass is 583 g/mol. The van der Waals surface area contributed by atoms with E-state index in [2.05, 4.69) is 63.7 Å². The van der Waals surface area contributed by atoms with Crippen molar-refractivity contribution in [3.63, 3.8) is 0 Å². The summed E-state index contributed by atoms with van der Waals surface area (Å²) in [6.45, 7) is 11.9. The van der Waals surface area contributed by atoms with Gasteiger partial charge in [-0.05, 0) is 103 Å². The number of pyridine rings is 2. The molecule has 0 bridgehead atoms. The normalized spacial score (nSPS) is 17.4. The van der Waals surface area contributed by atoms with Crippen LogP contribution in [0.1, 0.15) is 69.8 Å². The van der Waals surface area contributed by atoms with Crippen molar-refractivity contribution in [2.75, 3.05) is 45.1 Å². The Morgan fingerprint density at radius 3 is 2.53 bits per heavy atom. The second-order valence-electron chi connectivity index (χ2n) is 12.1. The molecule has 8 heteroatoms. The quantitative estimate of drug-likeness (QED) is 0.253. The highest BCUT2D eigenvalue weighted by Gasteiger charge is 2.22. The number of aryl methyl sites for hydroxylation is 1. The third-order valence-corrected chi connectivity index (χ3v) is 8.96. The minimum atomic E-state index is 0.00107. The Balaban J connectivity index is 0.00000180. The van der Waals surface area contributed by atoms with E-state index in [1.54, 1.807) is 6.20 Å². The van der Waals surface area contributed by atoms with E-state index in [9.17, 15) is 4.79 Å². The van der Waals surface area contributed by atoms with Crippen LogP contribution in [0.5, 0.6) is 0 Å². The average molecular weight is 584 g/mol. The molecule has 5 heterocycles. The number of aromatic nitrogens is 3. The molecular weight excluding hydrogens is 534 g/mol. The van der Waals surface area contributed by atoms with Crippen molar-refractivity contribution in [1.82, 2.24) is 29.7 Å². The smallest absolute Gasteiger partial charge is 0.268 e. The van der Waals surface area contributed by atoms with Crippen LogP contribution in [0.25, 0.3) is 33.1 Å². The van der Waals surface area contributed by atoms with E-state index in [0.717, 1.165) is 77.6 Å². The van der Waals surface area contributed by atoms with Crippen LogP contribution in [-0.2, 0) is 7.05 Å². The molecule has 0 aliphatic carbocycles. The minimum absolute atomic E-state index is 0.00107. The molecule has 0 radical (unpaired) electrons. The van der Waals surface area contributed by atoms with Gasteiger partial charge in [-0.1, -0.05) is 26.3 Å². The van der Waals surface area contributed by atoms with Crippen LogP contribution in [-0.4, -0.2) is 82.1 Å². The number of rotatable bonds is 8. The van der Waals surface area contributed by atoms with Gasteiger partial charge in [-0.2, -0.15) is 0 Å². The molecule has 1 unspecified atom stereocenters. The molecule has 3 aromatic heterocycles. The second kappa shape index (κ2) is 14.3. The van der Waals surface area contributed by atoms with E-state index < -0.39 is 0 Å². The van der Waals surface area contributed by atoms with E-state index >= 15 is 0 Å². The molecule has 230 valence electrons. The predicted octanol–water partition coefficient (Wildman–Crippen LogP) is 6.32. The second-order valence-corrected chi connectivity index (χ2v) is 12.1. The van der Waals surface area contributed by atoms with Crippen LogP contribution in [0.4, 0.5) is 5.69 Å². The number of piperidine rings is 2. The number of amides is 1. The predicted molar refractivity (Wildman–Crippen MR) is 179 cm³/mol. The maximum atomic E-state index is 13.2. The highest BCUT2D eigenvalue weighted by atomic mass is 16.2. The van der Waals surface area contributed by atoms with Crippen LogP contribution >= 0.6 is 0 Å². The Labute approximate surface area is 256 Å². The summed E-state index contributed by atoms with van der Waals surface area (Å²) in [5.74, 6) is 0.00107. The summed E-state index contributed by atoms with van der Waals surface area (Å²) in [5.41, 5.74) is 5.67. The SMILES string of the molecule is CC.CC(CCN1CCCCC1)Nc1cc(-c2ccc3c(c2)cc(C(=O)NC2CCN(C)CC2)n3C)nc2ccncc12. The van der Waals surface area contributed by atoms with Crippen molar-refractivity contribution in [1.29, 1.82) is 0 Å². The van der Waals surface area contributed by atoms with E-state index in [0.29, 0.717) is 11.7 Å². The summed E-state index contributed by atoms with van der Waals surface area (Å²) in [5, 5.41) is 9.12. The third-order valence-electron chi connectivity index (χ3n) is 8.96. The Morgan fingerprint density at radius 2 is 1.77 bits per heavy atom. The number of hydrogen-bond acceptors (Lipinski definition) is 6. The first kappa shape index (κ1) is 31.0. The van der Waals surface area contributed by atoms with Crippen LogP contribution in [0.15, 0.2) is 48.8 Å². The molecule has 1 aromatic carbocycles. The van der Waals surface area contributed by atoms with Crippen molar-refractivity contribution < 1.29 is 4.79 Å². The molecule has 0 saturated carbocycles. The molecule has 2 fully saturated rings. The van der Waals surface area contributed by atoms with Crippen LogP contribution in [0.2, 0.25) is 0 Å². The Kier molecular flexibility index (Phi) is 10.3. The molecule has 2 aliphatic heterocycles. The molecule has 0 spiro atoms. The van der Waals surface area contributed by atoms with Gasteiger partial charge in [0.2, 0.25) is 0 Å². The van der Waals surface area contributed by atoms with Gasteiger partial charge in [0.25, 0.3) is 5.91 Å². The number of anilines is 1. The van der Waals surface area contributed by atoms with Crippen LogP contribution in [0.3, 0.4) is 0 Å². The number of carbonyl (C=O) groups excluding carboxylic acids is 1. The van der Waals surface area contributed by atoms with Crippen molar-refractivity contribution in [3.8, 4) is 11.3 Å². The largest absolute Gasteiger partial charge is 0.382 e. The zero-order valence-corrected chi connectivity index (χ0v) is 26.7. The number of benzene rings is 1. The van der Waals surface area contributed by atoms with Gasteiger partial charge < -0.3 is 25.0 Å². The Hall–Kier alpha value is -3.49. The number of nitrogens with zero attached hydrogens (tertiary/aromatic N) is 5. The molecule has 1 atom stereocenters. The zero-order chi connectivity index (χ0) is 30.3. The summed E-state index contributed by atoms with van der Waals surface area (Å²) < 4.78 is 2.00. The summed E-state index contributed by atoms with van der Waals surface area (Å²) in [6.07, 6.45) is 10.8. The Morgan fingerprint density at radius 1 is 1.00 bits per heavy atom. The summed E-state index contributed by atoms with van der Waals surface area (Å²) in [4.78, 5) is 27.5. The number of carbonyl (C=O) groups is 1. The fourth-order valence-electron chi connectivity index (χ4n) is 6.37. The molecule has 2 saturated heterocycles. The lowest BCUT2D eigenvalue weighted by Gasteiger charge is -2.29. The van der Waals surface area contributed by atoms with Crippen molar-refractivity contribution in [2.45, 2.75) is 71.4 Å². The average Bonchev–Trinajstić information content (AvgIpc) is 3.38. The van der Waals surface area contributed by atoms with E-state index in [-0.39, 0.29) is 11.9 Å². The van der Waals surface area contributed by atoms with Gasteiger partial charge in [0, 0.05) is 65.6 Å². The van der Waals surface area contributed by atoms with Gasteiger partial charge in [0.15, 0.2) is 0 Å². The van der Waals surface area contributed by atoms with Gasteiger partial charge >= 0.3 is 0 Å².